The normalized spacial score (nSPS) is 12.3. The Kier molecular flexibility index (Phi) is 5.73. The van der Waals surface area contributed by atoms with Crippen LogP contribution in [0.15, 0.2) is 162 Å². The van der Waals surface area contributed by atoms with Gasteiger partial charge in [0.15, 0.2) is 0 Å². The third-order valence-electron chi connectivity index (χ3n) is 10.5. The molecule has 0 radical (unpaired) electrons. The van der Waals surface area contributed by atoms with Crippen molar-refractivity contribution in [3.8, 4) is 44.6 Å². The van der Waals surface area contributed by atoms with E-state index in [1.165, 1.54) is 38.6 Å². The molecule has 0 aliphatic heterocycles. The van der Waals surface area contributed by atoms with Gasteiger partial charge in [0.25, 0.3) is 0 Å². The van der Waals surface area contributed by atoms with Gasteiger partial charge in [-0.1, -0.05) is 146 Å². The molecule has 1 aliphatic rings. The summed E-state index contributed by atoms with van der Waals surface area (Å²) in [4.78, 5) is 10.3. The van der Waals surface area contributed by atoms with Gasteiger partial charge in [0.2, 0.25) is 0 Å². The quantitative estimate of drug-likeness (QED) is 0.181. The molecule has 11 rings (SSSR count). The van der Waals surface area contributed by atoms with E-state index in [-0.39, 0.29) is 0 Å². The zero-order valence-electron chi connectivity index (χ0n) is 27.0. The molecule has 0 amide bonds. The number of furan rings is 1. The van der Waals surface area contributed by atoms with E-state index in [1.807, 2.05) is 6.20 Å². The molecule has 3 heteroatoms. The maximum absolute atomic E-state index is 6.87. The molecule has 0 N–H and O–H groups in total. The minimum absolute atomic E-state index is 0.845. The van der Waals surface area contributed by atoms with Crippen molar-refractivity contribution in [1.82, 2.24) is 9.97 Å². The minimum atomic E-state index is 0.845. The summed E-state index contributed by atoms with van der Waals surface area (Å²) in [6.45, 7) is 0. The van der Waals surface area contributed by atoms with Crippen LogP contribution in [0.2, 0.25) is 0 Å². The average Bonchev–Trinajstić information content (AvgIpc) is 3.76. The first kappa shape index (κ1) is 27.4. The van der Waals surface area contributed by atoms with Crippen molar-refractivity contribution in [2.24, 2.45) is 0 Å². The summed E-state index contributed by atoms with van der Waals surface area (Å²) in [6, 6.07) is 54.1. The lowest BCUT2D eigenvalue weighted by molar-refractivity contribution is 0.671. The van der Waals surface area contributed by atoms with E-state index in [1.54, 1.807) is 0 Å². The van der Waals surface area contributed by atoms with Crippen LogP contribution in [-0.2, 0) is 6.42 Å². The number of hydrogen-bond donors (Lipinski definition) is 0. The number of fused-ring (bicyclic) bond motifs is 12. The second kappa shape index (κ2) is 10.5. The molecule has 1 aliphatic carbocycles. The molecule has 8 aromatic carbocycles. The van der Waals surface area contributed by atoms with Gasteiger partial charge in [-0.3, -0.25) is 4.98 Å². The number of rotatable bonds is 3. The first-order chi connectivity index (χ1) is 24.8. The van der Waals surface area contributed by atoms with Crippen LogP contribution in [0.3, 0.4) is 0 Å². The Balaban J connectivity index is 1.04. The molecular formula is C47H28N2O. The third kappa shape index (κ3) is 3.98. The molecule has 2 aromatic heterocycles. The van der Waals surface area contributed by atoms with E-state index in [9.17, 15) is 0 Å². The lowest BCUT2D eigenvalue weighted by Gasteiger charge is -2.11. The smallest absolute Gasteiger partial charge is 0.143 e. The van der Waals surface area contributed by atoms with Crippen molar-refractivity contribution in [1.29, 1.82) is 0 Å². The summed E-state index contributed by atoms with van der Waals surface area (Å²) in [5.41, 5.74) is 15.4. The molecule has 0 bridgehead atoms. The third-order valence-corrected chi connectivity index (χ3v) is 10.5. The van der Waals surface area contributed by atoms with Crippen molar-refractivity contribution in [2.45, 2.75) is 6.42 Å². The maximum atomic E-state index is 6.87. The van der Waals surface area contributed by atoms with Gasteiger partial charge < -0.3 is 4.42 Å². The van der Waals surface area contributed by atoms with E-state index in [0.29, 0.717) is 0 Å². The first-order valence-corrected chi connectivity index (χ1v) is 17.1. The van der Waals surface area contributed by atoms with E-state index >= 15 is 0 Å². The molecule has 3 nitrogen and oxygen atoms in total. The van der Waals surface area contributed by atoms with Crippen LogP contribution in [0.25, 0.3) is 99.2 Å². The molecular weight excluding hydrogens is 609 g/mol. The van der Waals surface area contributed by atoms with Crippen LogP contribution < -0.4 is 0 Å². The van der Waals surface area contributed by atoms with Crippen LogP contribution in [0.1, 0.15) is 11.1 Å². The first-order valence-electron chi connectivity index (χ1n) is 17.1. The van der Waals surface area contributed by atoms with Gasteiger partial charge in [0.1, 0.15) is 11.2 Å². The number of aromatic nitrogens is 2. The summed E-state index contributed by atoms with van der Waals surface area (Å²) in [5.74, 6) is 0. The number of nitrogens with zero attached hydrogens (tertiary/aromatic N) is 2. The summed E-state index contributed by atoms with van der Waals surface area (Å²) < 4.78 is 6.87. The molecule has 2 heterocycles. The molecule has 0 saturated carbocycles. The maximum Gasteiger partial charge on any atom is 0.143 e. The lowest BCUT2D eigenvalue weighted by atomic mass is 9.97. The Labute approximate surface area is 288 Å². The van der Waals surface area contributed by atoms with Gasteiger partial charge in [0, 0.05) is 38.2 Å². The monoisotopic (exact) mass is 636 g/mol. The summed E-state index contributed by atoms with van der Waals surface area (Å²) in [7, 11) is 0. The van der Waals surface area contributed by atoms with E-state index in [4.69, 9.17) is 14.4 Å². The van der Waals surface area contributed by atoms with E-state index < -0.39 is 0 Å². The van der Waals surface area contributed by atoms with Crippen LogP contribution >= 0.6 is 0 Å². The number of benzene rings is 8. The van der Waals surface area contributed by atoms with Crippen molar-refractivity contribution >= 4 is 54.5 Å². The van der Waals surface area contributed by atoms with Gasteiger partial charge >= 0.3 is 0 Å². The summed E-state index contributed by atoms with van der Waals surface area (Å²) in [6.07, 6.45) is 2.87. The molecule has 0 spiro atoms. The highest BCUT2D eigenvalue weighted by Gasteiger charge is 2.21. The molecule has 50 heavy (non-hydrogen) atoms. The van der Waals surface area contributed by atoms with E-state index in [2.05, 4.69) is 152 Å². The van der Waals surface area contributed by atoms with Crippen molar-refractivity contribution < 1.29 is 4.42 Å². The van der Waals surface area contributed by atoms with Gasteiger partial charge in [-0.05, 0) is 56.6 Å². The van der Waals surface area contributed by atoms with Crippen molar-refractivity contribution in [3.05, 3.63) is 169 Å². The molecule has 0 fully saturated rings. The van der Waals surface area contributed by atoms with Gasteiger partial charge in [-0.15, -0.1) is 0 Å². The largest absolute Gasteiger partial charge is 0.455 e. The van der Waals surface area contributed by atoms with Gasteiger partial charge in [0.05, 0.1) is 22.9 Å². The van der Waals surface area contributed by atoms with Crippen molar-refractivity contribution in [3.63, 3.8) is 0 Å². The Morgan fingerprint density at radius 1 is 0.400 bits per heavy atom. The average molecular weight is 637 g/mol. The topological polar surface area (TPSA) is 38.9 Å². The minimum Gasteiger partial charge on any atom is -0.455 e. The van der Waals surface area contributed by atoms with Crippen LogP contribution in [-0.4, -0.2) is 9.97 Å². The molecule has 232 valence electrons. The number of para-hydroxylation sites is 2. The lowest BCUT2D eigenvalue weighted by Crippen LogP contribution is -1.92. The standard InChI is InChI=1S/C47H28N2O/c1-2-13-33-28(10-1)25-32-26-30(22-23-34(32)33)36-19-9-21-42-41-20-8-18-35(46(41)50-47(36)42)29-11-7-12-31(24-29)43-27-48-44-39-16-5-3-14-37(39)38-15-4-6-17-40(38)45(44)49-43/h1-24,26-27H,25H2. The van der Waals surface area contributed by atoms with Crippen LogP contribution in [0.4, 0.5) is 0 Å². The molecule has 0 saturated heterocycles. The second-order valence-electron chi connectivity index (χ2n) is 13.3. The Bertz CT molecular complexity index is 2990. The SMILES string of the molecule is c1cc(-c2cnc3c4ccccc4c4ccccc4c3n2)cc(-c2cccc3c2oc2c(-c4ccc5c(c4)Cc4ccccc4-5)cccc23)c1. The zero-order valence-corrected chi connectivity index (χ0v) is 27.0. The highest BCUT2D eigenvalue weighted by Crippen LogP contribution is 2.43. The molecule has 10 aromatic rings. The fourth-order valence-corrected chi connectivity index (χ4v) is 8.20. The predicted octanol–water partition coefficient (Wildman–Crippen LogP) is 12.4. The van der Waals surface area contributed by atoms with Gasteiger partial charge in [-0.25, -0.2) is 4.98 Å². The Morgan fingerprint density at radius 3 is 1.72 bits per heavy atom. The Hall–Kier alpha value is -6.58. The zero-order chi connectivity index (χ0) is 32.8. The highest BCUT2D eigenvalue weighted by molar-refractivity contribution is 6.23. The van der Waals surface area contributed by atoms with Crippen molar-refractivity contribution in [2.75, 3.05) is 0 Å². The van der Waals surface area contributed by atoms with Crippen LogP contribution in [0.5, 0.6) is 0 Å². The predicted molar refractivity (Wildman–Crippen MR) is 206 cm³/mol. The van der Waals surface area contributed by atoms with Gasteiger partial charge in [-0.2, -0.15) is 0 Å². The highest BCUT2D eigenvalue weighted by atomic mass is 16.3. The molecule has 0 unspecified atom stereocenters. The second-order valence-corrected chi connectivity index (χ2v) is 13.3. The summed E-state index contributed by atoms with van der Waals surface area (Å²) in [5, 5.41) is 6.86. The number of hydrogen-bond acceptors (Lipinski definition) is 3. The molecule has 0 atom stereocenters. The fraction of sp³-hybridized carbons (Fsp3) is 0.0213. The summed E-state index contributed by atoms with van der Waals surface area (Å²) >= 11 is 0. The van der Waals surface area contributed by atoms with E-state index in [0.717, 1.165) is 78.1 Å². The fourth-order valence-electron chi connectivity index (χ4n) is 8.20. The Morgan fingerprint density at radius 2 is 0.960 bits per heavy atom. The van der Waals surface area contributed by atoms with Crippen LogP contribution in [0, 0.1) is 0 Å².